The molecule has 0 aromatic carbocycles. The maximum atomic E-state index is 11.1. The molecule has 0 aliphatic carbocycles. The maximum Gasteiger partial charge on any atom is 0.226 e. The quantitative estimate of drug-likeness (QED) is 0.421. The van der Waals surface area contributed by atoms with Crippen LogP contribution in [0.5, 0.6) is 0 Å². The summed E-state index contributed by atoms with van der Waals surface area (Å²) < 4.78 is 0.762. The fraction of sp³-hybridized carbons (Fsp3) is 0.864. The third-order valence-electron chi connectivity index (χ3n) is 2.91. The standard InChI is InChI=1S/C8H18N2O.C7H16N2O.C4H9NO.C2H6.CH4/c1-7(2)8(11)9-6-10(3,4)5;1-6(2)7(10)8-5-9(3)4;1-3(2)4(5)6;1-2;/h7H,6H2,1-5H3;6H,5H2,1-4H3,(H,8,10);3H,1-2H3,(H2,5,6);1-2H3;1H4/p+1. The Hall–Kier alpha value is -1.67. The fourth-order valence-electron chi connectivity index (χ4n) is 0.959. The SMILES string of the molecule is C.CC.CC(C)C(=O)NCN(C)C.CC(C)C(=O)NC[N+](C)(C)C.CC(C)C(N)=O. The van der Waals surface area contributed by atoms with Gasteiger partial charge in [-0.05, 0) is 14.1 Å². The Labute approximate surface area is 187 Å². The van der Waals surface area contributed by atoms with Crippen LogP contribution in [0.15, 0.2) is 0 Å². The number of quaternary nitrogens is 1. The van der Waals surface area contributed by atoms with E-state index in [0.717, 1.165) is 4.48 Å². The van der Waals surface area contributed by atoms with Gasteiger partial charge < -0.3 is 20.9 Å². The smallest absolute Gasteiger partial charge is 0.226 e. The molecule has 0 saturated heterocycles. The maximum absolute atomic E-state index is 11.1. The highest BCUT2D eigenvalue weighted by Crippen LogP contribution is 1.92. The van der Waals surface area contributed by atoms with Gasteiger partial charge in [0.25, 0.3) is 0 Å². The van der Waals surface area contributed by atoms with E-state index in [0.29, 0.717) is 13.3 Å². The number of nitrogens with zero attached hydrogens (tertiary/aromatic N) is 2. The second-order valence-electron chi connectivity index (χ2n) is 8.63. The van der Waals surface area contributed by atoms with Crippen molar-refractivity contribution >= 4 is 17.7 Å². The van der Waals surface area contributed by atoms with Gasteiger partial charge >= 0.3 is 0 Å². The molecule has 8 nitrogen and oxygen atoms in total. The van der Waals surface area contributed by atoms with Gasteiger partial charge in [0, 0.05) is 17.8 Å². The Kier molecular flexibility index (Phi) is 28.5. The Bertz CT molecular complexity index is 429. The number of carbonyl (C=O) groups excluding carboxylic acids is 3. The minimum absolute atomic E-state index is 0. The number of amides is 3. The lowest BCUT2D eigenvalue weighted by atomic mass is 10.2. The summed E-state index contributed by atoms with van der Waals surface area (Å²) in [6.45, 7) is 16.4. The average Bonchev–Trinajstić information content (AvgIpc) is 2.59. The second kappa shape index (κ2) is 22.0. The van der Waals surface area contributed by atoms with Crippen LogP contribution in [0, 0.1) is 17.8 Å². The number of rotatable bonds is 7. The third-order valence-corrected chi connectivity index (χ3v) is 2.91. The van der Waals surface area contributed by atoms with Crippen molar-refractivity contribution in [1.82, 2.24) is 15.5 Å². The summed E-state index contributed by atoms with van der Waals surface area (Å²) in [4.78, 5) is 33.8. The lowest BCUT2D eigenvalue weighted by Gasteiger charge is -2.24. The van der Waals surface area contributed by atoms with E-state index in [1.165, 1.54) is 0 Å². The topological polar surface area (TPSA) is 105 Å². The van der Waals surface area contributed by atoms with Crippen LogP contribution in [0.2, 0.25) is 0 Å². The average molecular weight is 437 g/mol. The fourth-order valence-corrected chi connectivity index (χ4v) is 0.959. The Morgan fingerprint density at radius 1 is 0.800 bits per heavy atom. The molecule has 0 aliphatic heterocycles. The van der Waals surface area contributed by atoms with Gasteiger partial charge in [-0.1, -0.05) is 62.8 Å². The number of nitrogens with two attached hydrogens (primary N) is 1. The highest BCUT2D eigenvalue weighted by molar-refractivity contribution is 5.78. The highest BCUT2D eigenvalue weighted by Gasteiger charge is 2.11. The summed E-state index contributed by atoms with van der Waals surface area (Å²) in [6.07, 6.45) is 0. The Balaban J connectivity index is -0.000000102. The molecule has 0 aromatic heterocycles. The molecule has 0 aromatic rings. The van der Waals surface area contributed by atoms with Crippen molar-refractivity contribution in [3.05, 3.63) is 0 Å². The number of nitrogens with one attached hydrogen (secondary N) is 2. The van der Waals surface area contributed by atoms with Crippen LogP contribution < -0.4 is 16.4 Å². The molecule has 184 valence electrons. The molecule has 0 atom stereocenters. The molecule has 0 bridgehead atoms. The van der Waals surface area contributed by atoms with Crippen molar-refractivity contribution in [2.24, 2.45) is 23.5 Å². The van der Waals surface area contributed by atoms with Crippen molar-refractivity contribution in [2.75, 3.05) is 48.6 Å². The van der Waals surface area contributed by atoms with E-state index in [9.17, 15) is 14.4 Å². The predicted molar refractivity (Wildman–Crippen MR) is 130 cm³/mol. The van der Waals surface area contributed by atoms with Crippen LogP contribution in [0.4, 0.5) is 0 Å². The summed E-state index contributed by atoms with van der Waals surface area (Å²) >= 11 is 0. The first-order chi connectivity index (χ1) is 13.0. The van der Waals surface area contributed by atoms with Crippen LogP contribution >= 0.6 is 0 Å². The van der Waals surface area contributed by atoms with Crippen LogP contribution in [0.3, 0.4) is 0 Å². The molecule has 3 amide bonds. The monoisotopic (exact) mass is 436 g/mol. The van der Waals surface area contributed by atoms with E-state index in [-0.39, 0.29) is 42.9 Å². The highest BCUT2D eigenvalue weighted by atomic mass is 16.2. The molecule has 0 rings (SSSR count). The molecule has 8 heteroatoms. The van der Waals surface area contributed by atoms with E-state index < -0.39 is 0 Å². The molecule has 0 fully saturated rings. The molecule has 30 heavy (non-hydrogen) atoms. The number of carbonyl (C=O) groups is 3. The zero-order chi connectivity index (χ0) is 24.4. The van der Waals surface area contributed by atoms with E-state index in [1.807, 2.05) is 81.7 Å². The van der Waals surface area contributed by atoms with Gasteiger partial charge in [-0.3, -0.25) is 19.3 Å². The number of hydrogen-bond acceptors (Lipinski definition) is 4. The van der Waals surface area contributed by atoms with E-state index in [4.69, 9.17) is 5.73 Å². The molecule has 4 N–H and O–H groups in total. The lowest BCUT2D eigenvalue weighted by Crippen LogP contribution is -2.46. The van der Waals surface area contributed by atoms with Gasteiger partial charge in [0.1, 0.15) is 0 Å². The first-order valence-electron chi connectivity index (χ1n) is 10.3. The Morgan fingerprint density at radius 2 is 1.10 bits per heavy atom. The van der Waals surface area contributed by atoms with E-state index in [2.05, 4.69) is 10.6 Å². The van der Waals surface area contributed by atoms with Crippen molar-refractivity contribution < 1.29 is 18.9 Å². The van der Waals surface area contributed by atoms with E-state index in [1.54, 1.807) is 13.8 Å². The minimum Gasteiger partial charge on any atom is -0.369 e. The minimum atomic E-state index is -0.241. The van der Waals surface area contributed by atoms with Crippen LogP contribution in [-0.4, -0.2) is 75.7 Å². The molecular formula is C22H54N5O3+. The molecule has 0 aliphatic rings. The largest absolute Gasteiger partial charge is 0.369 e. The van der Waals surface area contributed by atoms with Gasteiger partial charge in [-0.15, -0.1) is 0 Å². The number of primary amides is 1. The van der Waals surface area contributed by atoms with Gasteiger partial charge in [0.2, 0.25) is 17.7 Å². The van der Waals surface area contributed by atoms with Gasteiger partial charge in [-0.2, -0.15) is 0 Å². The predicted octanol–water partition coefficient (Wildman–Crippen LogP) is 2.49. The first-order valence-corrected chi connectivity index (χ1v) is 10.3. The molecular weight excluding hydrogens is 382 g/mol. The lowest BCUT2D eigenvalue weighted by molar-refractivity contribution is -0.872. The van der Waals surface area contributed by atoms with Gasteiger partial charge in [0.15, 0.2) is 6.67 Å². The zero-order valence-corrected chi connectivity index (χ0v) is 21.3. The second-order valence-corrected chi connectivity index (χ2v) is 8.63. The summed E-state index contributed by atoms with van der Waals surface area (Å²) in [5.74, 6) is 0.147. The van der Waals surface area contributed by atoms with E-state index >= 15 is 0 Å². The zero-order valence-electron chi connectivity index (χ0n) is 21.3. The van der Waals surface area contributed by atoms with Crippen LogP contribution in [0.1, 0.15) is 62.8 Å². The molecule has 0 unspecified atom stereocenters. The molecule has 0 heterocycles. The Morgan fingerprint density at radius 3 is 1.30 bits per heavy atom. The third kappa shape index (κ3) is 37.1. The van der Waals surface area contributed by atoms with Crippen molar-refractivity contribution in [1.29, 1.82) is 0 Å². The molecule has 0 saturated carbocycles. The first kappa shape index (κ1) is 38.9. The summed E-state index contributed by atoms with van der Waals surface area (Å²) in [5, 5.41) is 5.62. The summed E-state index contributed by atoms with van der Waals surface area (Å²) in [5.41, 5.74) is 4.80. The van der Waals surface area contributed by atoms with Crippen LogP contribution in [-0.2, 0) is 14.4 Å². The van der Waals surface area contributed by atoms with Gasteiger partial charge in [-0.25, -0.2) is 0 Å². The van der Waals surface area contributed by atoms with Gasteiger partial charge in [0.05, 0.1) is 27.8 Å². The van der Waals surface area contributed by atoms with Crippen LogP contribution in [0.25, 0.3) is 0 Å². The summed E-state index contributed by atoms with van der Waals surface area (Å²) in [7, 11) is 9.96. The van der Waals surface area contributed by atoms with Crippen molar-refractivity contribution in [3.8, 4) is 0 Å². The molecule has 0 radical (unpaired) electrons. The number of hydrogen-bond donors (Lipinski definition) is 3. The van der Waals surface area contributed by atoms with Crippen molar-refractivity contribution in [3.63, 3.8) is 0 Å². The molecule has 0 spiro atoms. The van der Waals surface area contributed by atoms with Crippen molar-refractivity contribution in [2.45, 2.75) is 62.8 Å². The normalized spacial score (nSPS) is 9.90. The summed E-state index contributed by atoms with van der Waals surface area (Å²) in [6, 6.07) is 0.